The van der Waals surface area contributed by atoms with E-state index in [1.54, 1.807) is 38.5 Å². The standard InChI is InChI=1S/C18H22N2O5/c1-23-11-7-14(22)12(15(8-11)24-2)9-17-19-18(20-17)10-4-5-13(21)16(6-10)25-3/h4-8,17-22H,9H2,1-3H3. The van der Waals surface area contributed by atoms with E-state index in [0.717, 1.165) is 5.56 Å². The summed E-state index contributed by atoms with van der Waals surface area (Å²) in [4.78, 5) is 0. The third-order valence-corrected chi connectivity index (χ3v) is 4.30. The van der Waals surface area contributed by atoms with Gasteiger partial charge in [-0.05, 0) is 17.7 Å². The van der Waals surface area contributed by atoms with E-state index in [1.807, 2.05) is 6.07 Å². The molecule has 2 aromatic rings. The first-order chi connectivity index (χ1) is 12.0. The summed E-state index contributed by atoms with van der Waals surface area (Å²) in [5, 5.41) is 26.6. The number of rotatable bonds is 6. The third-order valence-electron chi connectivity index (χ3n) is 4.30. The number of ether oxygens (including phenoxy) is 3. The lowest BCUT2D eigenvalue weighted by atomic mass is 10.0. The molecule has 1 aliphatic heterocycles. The van der Waals surface area contributed by atoms with Gasteiger partial charge in [0.15, 0.2) is 11.5 Å². The van der Waals surface area contributed by atoms with Crippen molar-refractivity contribution >= 4 is 0 Å². The molecule has 7 heteroatoms. The molecular weight excluding hydrogens is 324 g/mol. The Balaban J connectivity index is 1.68. The maximum absolute atomic E-state index is 10.2. The fourth-order valence-electron chi connectivity index (χ4n) is 2.90. The summed E-state index contributed by atoms with van der Waals surface area (Å²) in [5.41, 5.74) is 1.66. The Morgan fingerprint density at radius 2 is 1.60 bits per heavy atom. The smallest absolute Gasteiger partial charge is 0.160 e. The van der Waals surface area contributed by atoms with E-state index in [9.17, 15) is 10.2 Å². The Bertz CT molecular complexity index is 759. The van der Waals surface area contributed by atoms with Crippen molar-refractivity contribution in [3.05, 3.63) is 41.5 Å². The highest BCUT2D eigenvalue weighted by molar-refractivity contribution is 5.50. The SMILES string of the molecule is COc1cc(O)c(CC2NC(c3ccc(O)c(OC)c3)N2)c(OC)c1. The van der Waals surface area contributed by atoms with Crippen molar-refractivity contribution in [2.45, 2.75) is 18.8 Å². The van der Waals surface area contributed by atoms with E-state index < -0.39 is 0 Å². The minimum absolute atomic E-state index is 0.0157. The quantitative estimate of drug-likeness (QED) is 0.635. The highest BCUT2D eigenvalue weighted by atomic mass is 16.5. The van der Waals surface area contributed by atoms with E-state index in [4.69, 9.17) is 14.2 Å². The van der Waals surface area contributed by atoms with Crippen molar-refractivity contribution in [2.75, 3.05) is 21.3 Å². The van der Waals surface area contributed by atoms with E-state index in [0.29, 0.717) is 29.2 Å². The normalized spacial score (nSPS) is 19.2. The minimum Gasteiger partial charge on any atom is -0.507 e. The molecule has 3 rings (SSSR count). The second-order valence-electron chi connectivity index (χ2n) is 5.78. The molecule has 1 fully saturated rings. The summed E-state index contributed by atoms with van der Waals surface area (Å²) in [7, 11) is 4.62. The van der Waals surface area contributed by atoms with Gasteiger partial charge < -0.3 is 24.4 Å². The Labute approximate surface area is 146 Å². The van der Waals surface area contributed by atoms with Gasteiger partial charge in [-0.3, -0.25) is 10.6 Å². The van der Waals surface area contributed by atoms with Crippen molar-refractivity contribution < 1.29 is 24.4 Å². The number of phenolic OH excluding ortho intramolecular Hbond substituents is 2. The molecule has 0 amide bonds. The lowest BCUT2D eigenvalue weighted by molar-refractivity contribution is 0.196. The molecule has 7 nitrogen and oxygen atoms in total. The lowest BCUT2D eigenvalue weighted by Gasteiger charge is -2.40. The topological polar surface area (TPSA) is 92.2 Å². The maximum atomic E-state index is 10.2. The maximum Gasteiger partial charge on any atom is 0.160 e. The molecule has 134 valence electrons. The lowest BCUT2D eigenvalue weighted by Crippen LogP contribution is -2.62. The highest BCUT2D eigenvalue weighted by Crippen LogP contribution is 2.36. The molecule has 25 heavy (non-hydrogen) atoms. The van der Waals surface area contributed by atoms with Crippen molar-refractivity contribution in [2.24, 2.45) is 0 Å². The largest absolute Gasteiger partial charge is 0.507 e. The number of hydrogen-bond donors (Lipinski definition) is 4. The summed E-state index contributed by atoms with van der Waals surface area (Å²) < 4.78 is 15.6. The van der Waals surface area contributed by atoms with Crippen LogP contribution in [0.3, 0.4) is 0 Å². The molecule has 4 N–H and O–H groups in total. The summed E-state index contributed by atoms with van der Waals surface area (Å²) in [6.07, 6.45) is 0.480. The monoisotopic (exact) mass is 346 g/mol. The molecule has 0 unspecified atom stereocenters. The Hall–Kier alpha value is -2.64. The summed E-state index contributed by atoms with van der Waals surface area (Å²) in [6, 6.07) is 8.52. The summed E-state index contributed by atoms with van der Waals surface area (Å²) in [6.45, 7) is 0. The third kappa shape index (κ3) is 3.42. The van der Waals surface area contributed by atoms with Gasteiger partial charge in [0.2, 0.25) is 0 Å². The first-order valence-electron chi connectivity index (χ1n) is 7.88. The van der Waals surface area contributed by atoms with Gasteiger partial charge in [0.1, 0.15) is 17.2 Å². The van der Waals surface area contributed by atoms with Crippen molar-refractivity contribution in [3.8, 4) is 28.7 Å². The number of benzene rings is 2. The van der Waals surface area contributed by atoms with Crippen LogP contribution >= 0.6 is 0 Å². The second kappa shape index (κ2) is 7.08. The average molecular weight is 346 g/mol. The van der Waals surface area contributed by atoms with E-state index in [-0.39, 0.29) is 23.8 Å². The van der Waals surface area contributed by atoms with Crippen molar-refractivity contribution in [1.82, 2.24) is 10.6 Å². The average Bonchev–Trinajstić information content (AvgIpc) is 2.59. The number of hydrogen-bond acceptors (Lipinski definition) is 7. The Morgan fingerprint density at radius 1 is 0.880 bits per heavy atom. The molecule has 0 saturated carbocycles. The van der Waals surface area contributed by atoms with Gasteiger partial charge in [0, 0.05) is 24.1 Å². The van der Waals surface area contributed by atoms with Crippen molar-refractivity contribution in [1.29, 1.82) is 0 Å². The highest BCUT2D eigenvalue weighted by Gasteiger charge is 2.30. The van der Waals surface area contributed by atoms with Crippen molar-refractivity contribution in [3.63, 3.8) is 0 Å². The molecule has 2 aromatic carbocycles. The molecular formula is C18H22N2O5. The predicted octanol–water partition coefficient (Wildman–Crippen LogP) is 1.88. The van der Waals surface area contributed by atoms with Crippen LogP contribution in [0.15, 0.2) is 30.3 Å². The molecule has 0 bridgehead atoms. The Kier molecular flexibility index (Phi) is 4.87. The van der Waals surface area contributed by atoms with Gasteiger partial charge in [-0.2, -0.15) is 0 Å². The molecule has 0 spiro atoms. The molecule has 0 radical (unpaired) electrons. The Morgan fingerprint density at radius 3 is 2.24 bits per heavy atom. The molecule has 1 aliphatic rings. The van der Waals surface area contributed by atoms with Gasteiger partial charge in [0.05, 0.1) is 33.7 Å². The second-order valence-corrected chi connectivity index (χ2v) is 5.78. The first-order valence-corrected chi connectivity index (χ1v) is 7.88. The number of phenols is 2. The van der Waals surface area contributed by atoms with Crippen LogP contribution in [0, 0.1) is 0 Å². The fraction of sp³-hybridized carbons (Fsp3) is 0.333. The van der Waals surface area contributed by atoms with Crippen LogP contribution in [0.5, 0.6) is 28.7 Å². The fourth-order valence-corrected chi connectivity index (χ4v) is 2.90. The van der Waals surface area contributed by atoms with Crippen LogP contribution in [0.1, 0.15) is 17.3 Å². The van der Waals surface area contributed by atoms with Crippen LogP contribution in [-0.2, 0) is 6.42 Å². The zero-order valence-corrected chi connectivity index (χ0v) is 14.4. The van der Waals surface area contributed by atoms with Crippen LogP contribution in [0.4, 0.5) is 0 Å². The van der Waals surface area contributed by atoms with Gasteiger partial charge in [-0.25, -0.2) is 0 Å². The summed E-state index contributed by atoms with van der Waals surface area (Å²) in [5.74, 6) is 1.79. The van der Waals surface area contributed by atoms with Gasteiger partial charge >= 0.3 is 0 Å². The van der Waals surface area contributed by atoms with Crippen LogP contribution in [0.25, 0.3) is 0 Å². The molecule has 0 atom stereocenters. The summed E-state index contributed by atoms with van der Waals surface area (Å²) >= 11 is 0. The van der Waals surface area contributed by atoms with E-state index >= 15 is 0 Å². The number of methoxy groups -OCH3 is 3. The number of nitrogens with one attached hydrogen (secondary N) is 2. The minimum atomic E-state index is -0.0501. The van der Waals surface area contributed by atoms with Crippen LogP contribution in [0.2, 0.25) is 0 Å². The zero-order valence-electron chi connectivity index (χ0n) is 14.4. The van der Waals surface area contributed by atoms with Crippen LogP contribution < -0.4 is 24.8 Å². The van der Waals surface area contributed by atoms with Gasteiger partial charge in [0.25, 0.3) is 0 Å². The van der Waals surface area contributed by atoms with E-state index in [1.165, 1.54) is 7.11 Å². The van der Waals surface area contributed by atoms with Gasteiger partial charge in [-0.1, -0.05) is 6.07 Å². The number of aromatic hydroxyl groups is 2. The molecule has 0 aliphatic carbocycles. The molecule has 0 aromatic heterocycles. The first kappa shape index (κ1) is 17.2. The van der Waals surface area contributed by atoms with Crippen LogP contribution in [-0.4, -0.2) is 37.7 Å². The van der Waals surface area contributed by atoms with Gasteiger partial charge in [-0.15, -0.1) is 0 Å². The molecule has 1 saturated heterocycles. The van der Waals surface area contributed by atoms with E-state index in [2.05, 4.69) is 10.6 Å². The molecule has 1 heterocycles. The zero-order chi connectivity index (χ0) is 18.0. The predicted molar refractivity (Wildman–Crippen MR) is 92.4 cm³/mol.